The van der Waals surface area contributed by atoms with Gasteiger partial charge in [-0.2, -0.15) is 0 Å². The monoisotopic (exact) mass is 344 g/mol. The Morgan fingerprint density at radius 1 is 1.32 bits per heavy atom. The zero-order valence-electron chi connectivity index (χ0n) is 14.9. The van der Waals surface area contributed by atoms with Crippen LogP contribution in [0.5, 0.6) is 5.88 Å². The molecule has 0 aliphatic carbocycles. The summed E-state index contributed by atoms with van der Waals surface area (Å²) in [7, 11) is 0. The van der Waals surface area contributed by atoms with Crippen LogP contribution < -0.4 is 10.5 Å². The van der Waals surface area contributed by atoms with Crippen LogP contribution in [-0.2, 0) is 4.74 Å². The van der Waals surface area contributed by atoms with Crippen LogP contribution in [0.4, 0.5) is 10.5 Å². The molecule has 1 amide bonds. The number of likely N-dealkylation sites (tertiary alicyclic amines) is 1. The number of ether oxygens (including phenoxy) is 2. The summed E-state index contributed by atoms with van der Waals surface area (Å²) in [5.74, 6) is 0.452. The average Bonchev–Trinajstić information content (AvgIpc) is 2.54. The molecule has 1 aromatic carbocycles. The van der Waals surface area contributed by atoms with Gasteiger partial charge in [-0.1, -0.05) is 0 Å². The third-order valence-electron chi connectivity index (χ3n) is 3.86. The van der Waals surface area contributed by atoms with E-state index in [4.69, 9.17) is 15.2 Å². The number of fused-ring (bicyclic) bond motifs is 1. The van der Waals surface area contributed by atoms with Crippen molar-refractivity contribution in [2.75, 3.05) is 18.8 Å². The van der Waals surface area contributed by atoms with Crippen LogP contribution in [0.15, 0.2) is 24.4 Å². The molecule has 1 aliphatic rings. The maximum absolute atomic E-state index is 12.2. The molecule has 1 aliphatic heterocycles. The van der Waals surface area contributed by atoms with E-state index in [9.17, 15) is 4.79 Å². The fourth-order valence-electron chi connectivity index (χ4n) is 2.76. The van der Waals surface area contributed by atoms with Crippen LogP contribution in [0, 0.1) is 0 Å². The summed E-state index contributed by atoms with van der Waals surface area (Å²) in [4.78, 5) is 22.7. The molecule has 25 heavy (non-hydrogen) atoms. The Morgan fingerprint density at radius 2 is 2.12 bits per heavy atom. The fraction of sp³-hybridized carbons (Fsp3) is 0.500. The van der Waals surface area contributed by atoms with E-state index in [0.717, 1.165) is 23.9 Å². The van der Waals surface area contributed by atoms with E-state index in [-0.39, 0.29) is 12.2 Å². The lowest BCUT2D eigenvalue weighted by Gasteiger charge is -2.33. The van der Waals surface area contributed by atoms with Gasteiger partial charge in [-0.25, -0.2) is 14.8 Å². The number of rotatable bonds is 2. The van der Waals surface area contributed by atoms with E-state index in [1.54, 1.807) is 23.2 Å². The van der Waals surface area contributed by atoms with Gasteiger partial charge in [-0.05, 0) is 51.8 Å². The van der Waals surface area contributed by atoms with E-state index in [1.807, 2.05) is 26.8 Å². The Kier molecular flexibility index (Phi) is 4.65. The molecule has 0 radical (unpaired) electrons. The van der Waals surface area contributed by atoms with Crippen molar-refractivity contribution in [1.82, 2.24) is 14.9 Å². The molecule has 134 valence electrons. The quantitative estimate of drug-likeness (QED) is 0.842. The Labute approximate surface area is 147 Å². The number of carbonyl (C=O) groups excluding carboxylic acids is 1. The number of amides is 1. The normalized spacial score (nSPS) is 18.2. The number of carbonyl (C=O) groups is 1. The Balaban J connectivity index is 1.66. The van der Waals surface area contributed by atoms with Crippen LogP contribution in [0.2, 0.25) is 0 Å². The second-order valence-corrected chi connectivity index (χ2v) is 7.26. The number of benzene rings is 1. The van der Waals surface area contributed by atoms with Crippen LogP contribution >= 0.6 is 0 Å². The smallest absolute Gasteiger partial charge is 0.410 e. The lowest BCUT2D eigenvalue weighted by atomic mass is 10.1. The first-order valence-corrected chi connectivity index (χ1v) is 8.47. The summed E-state index contributed by atoms with van der Waals surface area (Å²) in [5.41, 5.74) is 7.35. The largest absolute Gasteiger partial charge is 0.471 e. The number of anilines is 1. The van der Waals surface area contributed by atoms with Crippen molar-refractivity contribution in [2.45, 2.75) is 45.3 Å². The molecule has 2 aromatic rings. The third kappa shape index (κ3) is 4.49. The summed E-state index contributed by atoms with van der Waals surface area (Å²) in [6.45, 7) is 6.74. The van der Waals surface area contributed by atoms with Gasteiger partial charge in [-0.15, -0.1) is 0 Å². The summed E-state index contributed by atoms with van der Waals surface area (Å²) in [6.07, 6.45) is 2.89. The van der Waals surface area contributed by atoms with Crippen LogP contribution in [0.25, 0.3) is 11.0 Å². The van der Waals surface area contributed by atoms with E-state index in [1.165, 1.54) is 0 Å². The maximum Gasteiger partial charge on any atom is 0.410 e. The van der Waals surface area contributed by atoms with E-state index in [0.29, 0.717) is 24.7 Å². The Bertz CT molecular complexity index is 772. The standard InChI is InChI=1S/C18H24N4O3/c1-18(2,3)25-17(23)22-8-4-5-13(11-22)24-16-10-20-15-9-12(19)6-7-14(15)21-16/h6-7,9-10,13H,4-5,8,11,19H2,1-3H3/t13-/m1/s1. The van der Waals surface area contributed by atoms with Crippen LogP contribution in [-0.4, -0.2) is 45.8 Å². The van der Waals surface area contributed by atoms with Gasteiger partial charge in [0.1, 0.15) is 11.7 Å². The van der Waals surface area contributed by atoms with Gasteiger partial charge in [0, 0.05) is 12.2 Å². The fourth-order valence-corrected chi connectivity index (χ4v) is 2.76. The molecule has 1 fully saturated rings. The van der Waals surface area contributed by atoms with Crippen molar-refractivity contribution >= 4 is 22.8 Å². The summed E-state index contributed by atoms with van der Waals surface area (Å²) in [5, 5.41) is 0. The van der Waals surface area contributed by atoms with Gasteiger partial charge in [0.15, 0.2) is 0 Å². The van der Waals surface area contributed by atoms with Gasteiger partial charge in [0.05, 0.1) is 23.8 Å². The molecular formula is C18H24N4O3. The molecule has 1 saturated heterocycles. The van der Waals surface area contributed by atoms with Gasteiger partial charge < -0.3 is 20.1 Å². The molecular weight excluding hydrogens is 320 g/mol. The van der Waals surface area contributed by atoms with Crippen molar-refractivity contribution < 1.29 is 14.3 Å². The zero-order chi connectivity index (χ0) is 18.0. The Morgan fingerprint density at radius 3 is 2.88 bits per heavy atom. The molecule has 7 heteroatoms. The SMILES string of the molecule is CC(C)(C)OC(=O)N1CCC[C@@H](Oc2cnc3cc(N)ccc3n2)C1. The molecule has 2 N–H and O–H groups in total. The minimum absolute atomic E-state index is 0.123. The Hall–Kier alpha value is -2.57. The second-order valence-electron chi connectivity index (χ2n) is 7.26. The van der Waals surface area contributed by atoms with Crippen molar-refractivity contribution in [3.05, 3.63) is 24.4 Å². The van der Waals surface area contributed by atoms with Crippen molar-refractivity contribution in [1.29, 1.82) is 0 Å². The number of hydrogen-bond donors (Lipinski definition) is 1. The molecule has 0 spiro atoms. The maximum atomic E-state index is 12.2. The highest BCUT2D eigenvalue weighted by atomic mass is 16.6. The molecule has 3 rings (SSSR count). The number of hydrogen-bond acceptors (Lipinski definition) is 6. The minimum atomic E-state index is -0.503. The van der Waals surface area contributed by atoms with Crippen LogP contribution in [0.3, 0.4) is 0 Å². The number of aromatic nitrogens is 2. The molecule has 0 bridgehead atoms. The average molecular weight is 344 g/mol. The highest BCUT2D eigenvalue weighted by Crippen LogP contribution is 2.21. The molecule has 7 nitrogen and oxygen atoms in total. The van der Waals surface area contributed by atoms with Gasteiger partial charge in [0.2, 0.25) is 5.88 Å². The predicted molar refractivity (Wildman–Crippen MR) is 95.4 cm³/mol. The van der Waals surface area contributed by atoms with Crippen molar-refractivity contribution in [2.24, 2.45) is 0 Å². The summed E-state index contributed by atoms with van der Waals surface area (Å²) < 4.78 is 11.4. The zero-order valence-corrected chi connectivity index (χ0v) is 14.9. The van der Waals surface area contributed by atoms with Crippen molar-refractivity contribution in [3.63, 3.8) is 0 Å². The summed E-state index contributed by atoms with van der Waals surface area (Å²) in [6, 6.07) is 5.38. The van der Waals surface area contributed by atoms with Gasteiger partial charge in [-0.3, -0.25) is 0 Å². The van der Waals surface area contributed by atoms with Crippen molar-refractivity contribution in [3.8, 4) is 5.88 Å². The molecule has 1 aromatic heterocycles. The van der Waals surface area contributed by atoms with E-state index < -0.39 is 5.60 Å². The number of nitrogens with zero attached hydrogens (tertiary/aromatic N) is 3. The third-order valence-corrected chi connectivity index (χ3v) is 3.86. The second kappa shape index (κ2) is 6.74. The van der Waals surface area contributed by atoms with Gasteiger partial charge >= 0.3 is 6.09 Å². The highest BCUT2D eigenvalue weighted by Gasteiger charge is 2.28. The highest BCUT2D eigenvalue weighted by molar-refractivity contribution is 5.78. The first-order chi connectivity index (χ1) is 11.8. The first-order valence-electron chi connectivity index (χ1n) is 8.47. The van der Waals surface area contributed by atoms with E-state index >= 15 is 0 Å². The molecule has 0 saturated carbocycles. The topological polar surface area (TPSA) is 90.6 Å². The molecule has 0 unspecified atom stereocenters. The molecule has 1 atom stereocenters. The first kappa shape index (κ1) is 17.3. The van der Waals surface area contributed by atoms with Crippen LogP contribution in [0.1, 0.15) is 33.6 Å². The molecule has 2 heterocycles. The van der Waals surface area contributed by atoms with E-state index in [2.05, 4.69) is 9.97 Å². The lowest BCUT2D eigenvalue weighted by molar-refractivity contribution is 0.00722. The van der Waals surface area contributed by atoms with Gasteiger partial charge in [0.25, 0.3) is 0 Å². The number of nitrogens with two attached hydrogens (primary N) is 1. The minimum Gasteiger partial charge on any atom is -0.471 e. The number of nitrogen functional groups attached to an aromatic ring is 1. The predicted octanol–water partition coefficient (Wildman–Crippen LogP) is 2.99. The number of piperidine rings is 1. The lowest BCUT2D eigenvalue weighted by Crippen LogP contribution is -2.46. The summed E-state index contributed by atoms with van der Waals surface area (Å²) >= 11 is 0.